The van der Waals surface area contributed by atoms with Crippen molar-refractivity contribution in [3.63, 3.8) is 0 Å². The van der Waals surface area contributed by atoms with Crippen LogP contribution in [0, 0.1) is 0 Å². The number of aliphatic hydroxyl groups is 1. The second-order valence-corrected chi connectivity index (χ2v) is 8.74. The summed E-state index contributed by atoms with van der Waals surface area (Å²) < 4.78 is 31.1. The summed E-state index contributed by atoms with van der Waals surface area (Å²) >= 11 is 1.08. The minimum atomic E-state index is -1.63. The molecule has 0 aliphatic carbocycles. The van der Waals surface area contributed by atoms with Crippen molar-refractivity contribution in [1.29, 1.82) is 0 Å². The van der Waals surface area contributed by atoms with Crippen molar-refractivity contribution in [3.8, 4) is 0 Å². The minimum Gasteiger partial charge on any atom is -0.468 e. The SMILES string of the molecule is COC(=O)[C@@H]1CS[C@H]([C@H](OC(C)=O)[C@H](OC(C)=O)[C@@H](OC(C)=O)[C@@H](COC(C)=O)OC(C)=O)N1CO. The van der Waals surface area contributed by atoms with Gasteiger partial charge in [-0.05, 0) is 0 Å². The van der Waals surface area contributed by atoms with Crippen LogP contribution in [0.2, 0.25) is 0 Å². The molecule has 6 atom stereocenters. The van der Waals surface area contributed by atoms with Crippen LogP contribution in [-0.4, -0.2) is 108 Å². The number of hydrogen-bond acceptors (Lipinski definition) is 15. The first-order chi connectivity index (χ1) is 16.8. The predicted octanol–water partition coefficient (Wildman–Crippen LogP) is -0.857. The molecule has 1 N–H and O–H groups in total. The predicted molar refractivity (Wildman–Crippen MR) is 120 cm³/mol. The Kier molecular flexibility index (Phi) is 12.6. The molecule has 1 aliphatic rings. The summed E-state index contributed by atoms with van der Waals surface area (Å²) in [6, 6.07) is -0.941. The third kappa shape index (κ3) is 9.28. The Bertz CT molecular complexity index is 835. The van der Waals surface area contributed by atoms with Crippen molar-refractivity contribution in [2.75, 3.05) is 26.2 Å². The molecule has 0 unspecified atom stereocenters. The average molecular weight is 538 g/mol. The van der Waals surface area contributed by atoms with Gasteiger partial charge in [-0.1, -0.05) is 0 Å². The van der Waals surface area contributed by atoms with Crippen LogP contribution in [0.4, 0.5) is 0 Å². The number of ether oxygens (including phenoxy) is 6. The van der Waals surface area contributed by atoms with Gasteiger partial charge in [-0.3, -0.25) is 33.7 Å². The molecule has 0 spiro atoms. The highest BCUT2D eigenvalue weighted by molar-refractivity contribution is 8.00. The number of nitrogens with zero attached hydrogens (tertiary/aromatic N) is 1. The molecule has 1 rings (SSSR count). The zero-order chi connectivity index (χ0) is 27.6. The van der Waals surface area contributed by atoms with Gasteiger partial charge in [0.05, 0.1) is 19.2 Å². The first kappa shape index (κ1) is 31.1. The van der Waals surface area contributed by atoms with Gasteiger partial charge in [0, 0.05) is 40.4 Å². The lowest BCUT2D eigenvalue weighted by Crippen LogP contribution is -2.58. The van der Waals surface area contributed by atoms with Crippen molar-refractivity contribution in [2.24, 2.45) is 0 Å². The fourth-order valence-electron chi connectivity index (χ4n) is 3.51. The molecule has 204 valence electrons. The van der Waals surface area contributed by atoms with E-state index in [4.69, 9.17) is 28.4 Å². The normalized spacial score (nSPS) is 20.8. The van der Waals surface area contributed by atoms with Crippen LogP contribution >= 0.6 is 11.8 Å². The summed E-state index contributed by atoms with van der Waals surface area (Å²) in [6.45, 7) is 4.02. The number of rotatable bonds is 12. The lowest BCUT2D eigenvalue weighted by molar-refractivity contribution is -0.205. The van der Waals surface area contributed by atoms with E-state index in [1.165, 1.54) is 4.90 Å². The lowest BCUT2D eigenvalue weighted by Gasteiger charge is -2.39. The van der Waals surface area contributed by atoms with Gasteiger partial charge in [-0.15, -0.1) is 11.8 Å². The van der Waals surface area contributed by atoms with Crippen molar-refractivity contribution >= 4 is 47.6 Å². The molecule has 0 saturated carbocycles. The van der Waals surface area contributed by atoms with Crippen molar-refractivity contribution < 1.29 is 62.3 Å². The van der Waals surface area contributed by atoms with Crippen LogP contribution in [0.1, 0.15) is 34.6 Å². The standard InChI is InChI=1S/C21H31NO13S/c1-10(24)31-7-16(32-11(2)25)17(33-12(3)26)18(34-13(4)27)19(35-14(5)28)20-22(9-23)15(8-36-20)21(29)30-6/h15-20,23H,7-9H2,1-6H3/t15-,16+,17-,18+,19+,20+/m0/s1. The molecule has 1 saturated heterocycles. The van der Waals surface area contributed by atoms with E-state index in [0.29, 0.717) is 0 Å². The second-order valence-electron chi connectivity index (χ2n) is 7.59. The Morgan fingerprint density at radius 3 is 1.81 bits per heavy atom. The molecule has 0 amide bonds. The molecule has 0 aromatic rings. The van der Waals surface area contributed by atoms with Gasteiger partial charge in [0.1, 0.15) is 12.6 Å². The third-order valence-electron chi connectivity index (χ3n) is 4.76. The molecular formula is C21H31NO13S. The molecule has 0 radical (unpaired) electrons. The maximum Gasteiger partial charge on any atom is 0.324 e. The molecule has 1 heterocycles. The van der Waals surface area contributed by atoms with Gasteiger partial charge < -0.3 is 33.5 Å². The van der Waals surface area contributed by atoms with E-state index in [1.54, 1.807) is 0 Å². The number of thioether (sulfide) groups is 1. The van der Waals surface area contributed by atoms with Crippen LogP contribution in [0.3, 0.4) is 0 Å². The van der Waals surface area contributed by atoms with Crippen LogP contribution in [0.5, 0.6) is 0 Å². The van der Waals surface area contributed by atoms with Crippen molar-refractivity contribution in [3.05, 3.63) is 0 Å². The van der Waals surface area contributed by atoms with E-state index in [9.17, 15) is 33.9 Å². The van der Waals surface area contributed by atoms with Gasteiger partial charge in [-0.2, -0.15) is 0 Å². The van der Waals surface area contributed by atoms with Gasteiger partial charge in [-0.25, -0.2) is 0 Å². The van der Waals surface area contributed by atoms with Crippen molar-refractivity contribution in [2.45, 2.75) is 70.5 Å². The summed E-state index contributed by atoms with van der Waals surface area (Å²) in [6.07, 6.45) is -6.20. The highest BCUT2D eigenvalue weighted by Crippen LogP contribution is 2.36. The summed E-state index contributed by atoms with van der Waals surface area (Å²) in [7, 11) is 1.16. The largest absolute Gasteiger partial charge is 0.468 e. The second kappa shape index (κ2) is 14.6. The van der Waals surface area contributed by atoms with E-state index < -0.39 is 85.0 Å². The molecular weight excluding hydrogens is 506 g/mol. The average Bonchev–Trinajstić information content (AvgIpc) is 3.20. The highest BCUT2D eigenvalue weighted by atomic mass is 32.2. The zero-order valence-corrected chi connectivity index (χ0v) is 21.6. The van der Waals surface area contributed by atoms with Crippen LogP contribution < -0.4 is 0 Å². The van der Waals surface area contributed by atoms with E-state index in [1.807, 2.05) is 0 Å². The molecule has 14 nitrogen and oxygen atoms in total. The minimum absolute atomic E-state index is 0.113. The smallest absolute Gasteiger partial charge is 0.324 e. The molecule has 15 heteroatoms. The Hall–Kier alpha value is -2.91. The highest BCUT2D eigenvalue weighted by Gasteiger charge is 2.52. The monoisotopic (exact) mass is 537 g/mol. The lowest BCUT2D eigenvalue weighted by atomic mass is 10.0. The van der Waals surface area contributed by atoms with E-state index >= 15 is 0 Å². The van der Waals surface area contributed by atoms with Gasteiger partial charge in [0.25, 0.3) is 0 Å². The maximum atomic E-state index is 12.2. The summed E-state index contributed by atoms with van der Waals surface area (Å²) in [5, 5.41) is 9.00. The number of carbonyl (C=O) groups is 6. The summed E-state index contributed by atoms with van der Waals surface area (Å²) in [4.78, 5) is 72.8. The summed E-state index contributed by atoms with van der Waals surface area (Å²) in [5.74, 6) is -4.74. The van der Waals surface area contributed by atoms with Gasteiger partial charge in [0.2, 0.25) is 0 Å². The van der Waals surface area contributed by atoms with Crippen LogP contribution in [0.25, 0.3) is 0 Å². The fourth-order valence-corrected chi connectivity index (χ4v) is 5.02. The summed E-state index contributed by atoms with van der Waals surface area (Å²) in [5.41, 5.74) is 0. The van der Waals surface area contributed by atoms with Crippen LogP contribution in [-0.2, 0) is 57.2 Å². The zero-order valence-electron chi connectivity index (χ0n) is 20.8. The molecule has 0 bridgehead atoms. The molecule has 1 fully saturated rings. The molecule has 1 aliphatic heterocycles. The van der Waals surface area contributed by atoms with E-state index in [0.717, 1.165) is 53.5 Å². The Morgan fingerprint density at radius 1 is 0.833 bits per heavy atom. The third-order valence-corrected chi connectivity index (χ3v) is 6.15. The number of esters is 6. The van der Waals surface area contributed by atoms with Crippen molar-refractivity contribution in [1.82, 2.24) is 4.90 Å². The molecule has 36 heavy (non-hydrogen) atoms. The Balaban J connectivity index is 3.62. The Labute approximate surface area is 211 Å². The number of carbonyl (C=O) groups excluding carboxylic acids is 6. The van der Waals surface area contributed by atoms with E-state index in [2.05, 4.69) is 0 Å². The number of hydrogen-bond donors (Lipinski definition) is 1. The van der Waals surface area contributed by atoms with Gasteiger partial charge >= 0.3 is 35.8 Å². The topological polar surface area (TPSA) is 181 Å². The first-order valence-electron chi connectivity index (χ1n) is 10.7. The first-order valence-corrected chi connectivity index (χ1v) is 11.7. The molecule has 0 aromatic heterocycles. The molecule has 0 aromatic carbocycles. The fraction of sp³-hybridized carbons (Fsp3) is 0.714. The Morgan fingerprint density at radius 2 is 1.36 bits per heavy atom. The maximum absolute atomic E-state index is 12.2. The van der Waals surface area contributed by atoms with Gasteiger partial charge in [0.15, 0.2) is 24.4 Å². The number of aliphatic hydroxyl groups excluding tert-OH is 1. The van der Waals surface area contributed by atoms with E-state index in [-0.39, 0.29) is 5.75 Å². The quantitative estimate of drug-likeness (QED) is 0.240. The van der Waals surface area contributed by atoms with Crippen LogP contribution in [0.15, 0.2) is 0 Å². The number of methoxy groups -OCH3 is 1.